The quantitative estimate of drug-likeness (QED) is 0.851. The predicted molar refractivity (Wildman–Crippen MR) is 66.4 cm³/mol. The number of carboxylic acids is 1. The molecule has 0 amide bonds. The van der Waals surface area contributed by atoms with Gasteiger partial charge in [0.15, 0.2) is 0 Å². The van der Waals surface area contributed by atoms with Crippen molar-refractivity contribution in [1.29, 1.82) is 5.26 Å². The lowest BCUT2D eigenvalue weighted by atomic mass is 10.2. The van der Waals surface area contributed by atoms with E-state index in [0.29, 0.717) is 24.6 Å². The van der Waals surface area contributed by atoms with Gasteiger partial charge in [-0.25, -0.2) is 14.8 Å². The molecule has 6 heteroatoms. The summed E-state index contributed by atoms with van der Waals surface area (Å²) in [5.41, 5.74) is 0.0623. The van der Waals surface area contributed by atoms with E-state index in [1.807, 2.05) is 13.8 Å². The summed E-state index contributed by atoms with van der Waals surface area (Å²) in [6, 6.07) is 2.11. The van der Waals surface area contributed by atoms with Crippen molar-refractivity contribution in [3.05, 3.63) is 17.6 Å². The Kier molecular flexibility index (Phi) is 4.60. The minimum absolute atomic E-state index is 0.0609. The molecule has 0 aliphatic heterocycles. The molecule has 0 spiro atoms. The van der Waals surface area contributed by atoms with E-state index < -0.39 is 5.97 Å². The van der Waals surface area contributed by atoms with Gasteiger partial charge in [0.25, 0.3) is 0 Å². The Morgan fingerprint density at radius 3 is 2.78 bits per heavy atom. The Morgan fingerprint density at radius 2 is 2.28 bits per heavy atom. The zero-order valence-corrected chi connectivity index (χ0v) is 10.7. The van der Waals surface area contributed by atoms with Gasteiger partial charge < -0.3 is 10.0 Å². The predicted octanol–water partition coefficient (Wildman–Crippen LogP) is 1.61. The number of carbonyl (C=O) groups is 1. The van der Waals surface area contributed by atoms with Crippen LogP contribution in [0.2, 0.25) is 0 Å². The van der Waals surface area contributed by atoms with Gasteiger partial charge in [0, 0.05) is 18.8 Å². The monoisotopic (exact) mass is 248 g/mol. The van der Waals surface area contributed by atoms with E-state index in [1.54, 1.807) is 11.8 Å². The Bertz CT molecular complexity index is 479. The summed E-state index contributed by atoms with van der Waals surface area (Å²) in [7, 11) is 0. The minimum atomic E-state index is -1.06. The Morgan fingerprint density at radius 1 is 1.61 bits per heavy atom. The molecule has 1 aromatic rings. The summed E-state index contributed by atoms with van der Waals surface area (Å²) < 4.78 is 0. The summed E-state index contributed by atoms with van der Waals surface area (Å²) in [5.74, 6) is -0.175. The molecule has 0 aliphatic carbocycles. The molecule has 18 heavy (non-hydrogen) atoms. The molecular formula is C12H16N4O2. The van der Waals surface area contributed by atoms with E-state index >= 15 is 0 Å². The molecule has 1 N–H and O–H groups in total. The third kappa shape index (κ3) is 3.17. The second-order valence-electron chi connectivity index (χ2n) is 4.15. The van der Waals surface area contributed by atoms with Crippen LogP contribution in [0.25, 0.3) is 0 Å². The number of hydrogen-bond donors (Lipinski definition) is 1. The number of rotatable bonds is 5. The molecule has 0 saturated heterocycles. The number of aryl methyl sites for hydroxylation is 1. The molecule has 1 rings (SSSR count). The molecule has 0 unspecified atom stereocenters. The first kappa shape index (κ1) is 13.9. The zero-order chi connectivity index (χ0) is 13.7. The highest BCUT2D eigenvalue weighted by atomic mass is 16.4. The van der Waals surface area contributed by atoms with Gasteiger partial charge in [-0.2, -0.15) is 5.26 Å². The van der Waals surface area contributed by atoms with Gasteiger partial charge in [0.1, 0.15) is 17.2 Å². The maximum absolute atomic E-state index is 11.2. The third-order valence-corrected chi connectivity index (χ3v) is 2.48. The van der Waals surface area contributed by atoms with Crippen LogP contribution in [0.5, 0.6) is 0 Å². The van der Waals surface area contributed by atoms with Gasteiger partial charge in [-0.3, -0.25) is 0 Å². The van der Waals surface area contributed by atoms with Crippen molar-refractivity contribution >= 4 is 11.8 Å². The molecule has 0 saturated carbocycles. The van der Waals surface area contributed by atoms with Gasteiger partial charge in [-0.05, 0) is 20.8 Å². The van der Waals surface area contributed by atoms with Crippen LogP contribution in [-0.2, 0) is 0 Å². The normalized spacial score (nSPS) is 10.2. The van der Waals surface area contributed by atoms with E-state index in [-0.39, 0.29) is 11.6 Å². The van der Waals surface area contributed by atoms with Crippen molar-refractivity contribution in [3.8, 4) is 6.07 Å². The number of anilines is 1. The van der Waals surface area contributed by atoms with Crippen LogP contribution >= 0.6 is 0 Å². The SMILES string of the molecule is Cc1ncc(C(=O)O)c(N(CCC#N)C(C)C)n1. The fourth-order valence-electron chi connectivity index (χ4n) is 1.61. The summed E-state index contributed by atoms with van der Waals surface area (Å²) >= 11 is 0. The number of aromatic carboxylic acids is 1. The Hall–Kier alpha value is -2.16. The van der Waals surface area contributed by atoms with E-state index in [1.165, 1.54) is 6.20 Å². The third-order valence-electron chi connectivity index (χ3n) is 2.48. The van der Waals surface area contributed by atoms with Crippen LogP contribution in [0.3, 0.4) is 0 Å². The summed E-state index contributed by atoms with van der Waals surface area (Å²) in [6.45, 7) is 6.02. The smallest absolute Gasteiger partial charge is 0.341 e. The fourth-order valence-corrected chi connectivity index (χ4v) is 1.61. The standard InChI is InChI=1S/C12H16N4O2/c1-8(2)16(6-4-5-13)11-10(12(17)18)7-14-9(3)15-11/h7-8H,4,6H2,1-3H3,(H,17,18). The summed E-state index contributed by atoms with van der Waals surface area (Å²) in [5, 5.41) is 17.8. The number of nitriles is 1. The Labute approximate surface area is 106 Å². The number of aromatic nitrogens is 2. The highest BCUT2D eigenvalue weighted by Crippen LogP contribution is 2.20. The maximum Gasteiger partial charge on any atom is 0.341 e. The topological polar surface area (TPSA) is 90.1 Å². The van der Waals surface area contributed by atoms with Crippen molar-refractivity contribution in [1.82, 2.24) is 9.97 Å². The first-order chi connectivity index (χ1) is 8.47. The van der Waals surface area contributed by atoms with E-state index in [2.05, 4.69) is 16.0 Å². The molecule has 0 fully saturated rings. The summed E-state index contributed by atoms with van der Waals surface area (Å²) in [6.07, 6.45) is 1.63. The van der Waals surface area contributed by atoms with Gasteiger partial charge >= 0.3 is 5.97 Å². The van der Waals surface area contributed by atoms with Crippen molar-refractivity contribution < 1.29 is 9.90 Å². The van der Waals surface area contributed by atoms with Crippen molar-refractivity contribution in [2.45, 2.75) is 33.2 Å². The lowest BCUT2D eigenvalue weighted by Gasteiger charge is -2.28. The molecule has 0 atom stereocenters. The van der Waals surface area contributed by atoms with Gasteiger partial charge in [0.05, 0.1) is 12.5 Å². The fraction of sp³-hybridized carbons (Fsp3) is 0.500. The van der Waals surface area contributed by atoms with Crippen molar-refractivity contribution in [2.24, 2.45) is 0 Å². The van der Waals surface area contributed by atoms with Crippen LogP contribution < -0.4 is 4.90 Å². The number of hydrogen-bond acceptors (Lipinski definition) is 5. The highest BCUT2D eigenvalue weighted by molar-refractivity contribution is 5.93. The maximum atomic E-state index is 11.2. The second-order valence-corrected chi connectivity index (χ2v) is 4.15. The van der Waals surface area contributed by atoms with Crippen LogP contribution in [0.15, 0.2) is 6.20 Å². The average molecular weight is 248 g/mol. The van der Waals surface area contributed by atoms with E-state index in [9.17, 15) is 4.79 Å². The first-order valence-electron chi connectivity index (χ1n) is 5.68. The largest absolute Gasteiger partial charge is 0.477 e. The highest BCUT2D eigenvalue weighted by Gasteiger charge is 2.20. The van der Waals surface area contributed by atoms with Crippen molar-refractivity contribution in [3.63, 3.8) is 0 Å². The molecule has 96 valence electrons. The van der Waals surface area contributed by atoms with Crippen LogP contribution in [-0.4, -0.2) is 33.6 Å². The van der Waals surface area contributed by atoms with Crippen LogP contribution in [0.1, 0.15) is 36.5 Å². The number of nitrogens with zero attached hydrogens (tertiary/aromatic N) is 4. The molecule has 0 radical (unpaired) electrons. The Balaban J connectivity index is 3.21. The van der Waals surface area contributed by atoms with E-state index in [4.69, 9.17) is 10.4 Å². The minimum Gasteiger partial charge on any atom is -0.477 e. The zero-order valence-electron chi connectivity index (χ0n) is 10.7. The first-order valence-corrected chi connectivity index (χ1v) is 5.68. The average Bonchev–Trinajstić information content (AvgIpc) is 2.28. The second kappa shape index (κ2) is 5.96. The molecule has 0 aliphatic rings. The van der Waals surface area contributed by atoms with Crippen LogP contribution in [0, 0.1) is 18.3 Å². The van der Waals surface area contributed by atoms with Gasteiger partial charge in [-0.15, -0.1) is 0 Å². The lowest BCUT2D eigenvalue weighted by Crippen LogP contribution is -2.34. The van der Waals surface area contributed by atoms with Crippen LogP contribution in [0.4, 0.5) is 5.82 Å². The molecule has 6 nitrogen and oxygen atoms in total. The lowest BCUT2D eigenvalue weighted by molar-refractivity contribution is 0.0696. The van der Waals surface area contributed by atoms with Gasteiger partial charge in [-0.1, -0.05) is 0 Å². The molecule has 0 aromatic carbocycles. The molecule has 1 heterocycles. The summed E-state index contributed by atoms with van der Waals surface area (Å²) in [4.78, 5) is 21.1. The molecular weight excluding hydrogens is 232 g/mol. The number of carboxylic acid groups (broad SMARTS) is 1. The van der Waals surface area contributed by atoms with E-state index in [0.717, 1.165) is 0 Å². The van der Waals surface area contributed by atoms with Gasteiger partial charge in [0.2, 0.25) is 0 Å². The molecule has 0 bridgehead atoms. The molecule has 1 aromatic heterocycles. The van der Waals surface area contributed by atoms with Crippen molar-refractivity contribution in [2.75, 3.05) is 11.4 Å².